The average molecular weight is 225 g/mol. The van der Waals surface area contributed by atoms with Crippen molar-refractivity contribution in [3.05, 3.63) is 12.3 Å². The maximum absolute atomic E-state index is 4.24. The van der Waals surface area contributed by atoms with Crippen LogP contribution >= 0.6 is 0 Å². The molecular formula is C15H31N. The molecule has 0 aliphatic heterocycles. The molecule has 0 radical (unpaired) electrons. The molecule has 0 heterocycles. The first-order chi connectivity index (χ1) is 7.76. The molecule has 16 heavy (non-hydrogen) atoms. The van der Waals surface area contributed by atoms with E-state index in [9.17, 15) is 0 Å². The maximum Gasteiger partial charge on any atom is 0.0172 e. The lowest BCUT2D eigenvalue weighted by molar-refractivity contribution is 0.330. The molecule has 0 aromatic rings. The molecule has 0 aromatic heterocycles. The van der Waals surface area contributed by atoms with Gasteiger partial charge in [-0.15, -0.1) is 0 Å². The molecular weight excluding hydrogens is 194 g/mol. The van der Waals surface area contributed by atoms with E-state index in [-0.39, 0.29) is 0 Å². The van der Waals surface area contributed by atoms with Crippen molar-refractivity contribution in [2.75, 3.05) is 13.1 Å². The van der Waals surface area contributed by atoms with Crippen LogP contribution in [0.1, 0.15) is 72.1 Å². The molecule has 0 aliphatic rings. The molecule has 1 nitrogen and oxygen atoms in total. The van der Waals surface area contributed by atoms with Crippen LogP contribution < -0.4 is 0 Å². The summed E-state index contributed by atoms with van der Waals surface area (Å²) < 4.78 is 0. The van der Waals surface area contributed by atoms with Crippen molar-refractivity contribution in [1.29, 1.82) is 0 Å². The number of rotatable bonds is 11. The molecule has 1 heteroatoms. The summed E-state index contributed by atoms with van der Waals surface area (Å²) in [6.45, 7) is 13.4. The van der Waals surface area contributed by atoms with E-state index in [2.05, 4.69) is 32.3 Å². The van der Waals surface area contributed by atoms with E-state index in [0.717, 1.165) is 0 Å². The standard InChI is InChI=1S/C15H31N/c1-5-8-9-10-11-12-15(4)16(13-6-2)14-7-3/h4-14H2,1-3H3. The highest BCUT2D eigenvalue weighted by Gasteiger charge is 2.04. The van der Waals surface area contributed by atoms with Gasteiger partial charge >= 0.3 is 0 Å². The van der Waals surface area contributed by atoms with Crippen LogP contribution in [0.3, 0.4) is 0 Å². The molecule has 0 spiro atoms. The monoisotopic (exact) mass is 225 g/mol. The van der Waals surface area contributed by atoms with Crippen molar-refractivity contribution < 1.29 is 0 Å². The van der Waals surface area contributed by atoms with E-state index in [1.807, 2.05) is 0 Å². The second-order valence-corrected chi connectivity index (χ2v) is 4.72. The zero-order chi connectivity index (χ0) is 12.2. The highest BCUT2D eigenvalue weighted by molar-refractivity contribution is 4.93. The van der Waals surface area contributed by atoms with Crippen molar-refractivity contribution in [3.63, 3.8) is 0 Å². The summed E-state index contributed by atoms with van der Waals surface area (Å²) >= 11 is 0. The lowest BCUT2D eigenvalue weighted by Crippen LogP contribution is -2.24. The number of hydrogen-bond acceptors (Lipinski definition) is 1. The molecule has 96 valence electrons. The maximum atomic E-state index is 4.24. The lowest BCUT2D eigenvalue weighted by Gasteiger charge is -2.26. The van der Waals surface area contributed by atoms with Gasteiger partial charge in [0, 0.05) is 18.8 Å². The largest absolute Gasteiger partial charge is 0.375 e. The van der Waals surface area contributed by atoms with Gasteiger partial charge in [-0.05, 0) is 25.7 Å². The van der Waals surface area contributed by atoms with E-state index in [4.69, 9.17) is 0 Å². The van der Waals surface area contributed by atoms with Gasteiger partial charge in [-0.1, -0.05) is 53.0 Å². The van der Waals surface area contributed by atoms with Gasteiger partial charge in [-0.3, -0.25) is 0 Å². The third-order valence-corrected chi connectivity index (χ3v) is 3.00. The molecule has 0 bridgehead atoms. The van der Waals surface area contributed by atoms with Crippen molar-refractivity contribution in [3.8, 4) is 0 Å². The minimum Gasteiger partial charge on any atom is -0.375 e. The first kappa shape index (κ1) is 15.5. The number of allylic oxidation sites excluding steroid dienone is 1. The molecule has 0 saturated carbocycles. The first-order valence-electron chi connectivity index (χ1n) is 7.18. The fraction of sp³-hybridized carbons (Fsp3) is 0.867. The second-order valence-electron chi connectivity index (χ2n) is 4.72. The van der Waals surface area contributed by atoms with E-state index in [1.54, 1.807) is 0 Å². The van der Waals surface area contributed by atoms with Crippen LogP contribution in [0.15, 0.2) is 12.3 Å². The summed E-state index contributed by atoms with van der Waals surface area (Å²) in [4.78, 5) is 2.47. The highest BCUT2D eigenvalue weighted by Crippen LogP contribution is 2.14. The van der Waals surface area contributed by atoms with Crippen LogP contribution in [0.25, 0.3) is 0 Å². The number of hydrogen-bond donors (Lipinski definition) is 0. The summed E-state index contributed by atoms with van der Waals surface area (Å²) in [7, 11) is 0. The Labute approximate surface area is 103 Å². The molecule has 0 rings (SSSR count). The van der Waals surface area contributed by atoms with Crippen LogP contribution in [0.5, 0.6) is 0 Å². The molecule has 0 unspecified atom stereocenters. The van der Waals surface area contributed by atoms with Gasteiger partial charge in [-0.25, -0.2) is 0 Å². The molecule has 0 N–H and O–H groups in total. The van der Waals surface area contributed by atoms with Gasteiger partial charge in [0.15, 0.2) is 0 Å². The van der Waals surface area contributed by atoms with Gasteiger partial charge in [0.25, 0.3) is 0 Å². The number of nitrogens with zero attached hydrogens (tertiary/aromatic N) is 1. The average Bonchev–Trinajstić information content (AvgIpc) is 2.28. The first-order valence-corrected chi connectivity index (χ1v) is 7.18. The van der Waals surface area contributed by atoms with Crippen LogP contribution in [0.2, 0.25) is 0 Å². The zero-order valence-corrected chi connectivity index (χ0v) is 11.7. The Hall–Kier alpha value is -0.460. The second kappa shape index (κ2) is 11.0. The highest BCUT2D eigenvalue weighted by atomic mass is 15.1. The Morgan fingerprint density at radius 1 is 0.812 bits per heavy atom. The summed E-state index contributed by atoms with van der Waals surface area (Å²) in [5, 5.41) is 0. The quantitative estimate of drug-likeness (QED) is 0.448. The SMILES string of the molecule is C=C(CCCCCCC)N(CCC)CCC. The summed E-state index contributed by atoms with van der Waals surface area (Å²) in [6.07, 6.45) is 10.5. The minimum absolute atomic E-state index is 1.18. The Morgan fingerprint density at radius 3 is 1.88 bits per heavy atom. The molecule has 0 aliphatic carbocycles. The molecule has 0 fully saturated rings. The predicted molar refractivity (Wildman–Crippen MR) is 74.7 cm³/mol. The molecule has 0 aromatic carbocycles. The van der Waals surface area contributed by atoms with Crippen LogP contribution in [0.4, 0.5) is 0 Å². The normalized spacial score (nSPS) is 10.4. The Balaban J connectivity index is 3.65. The summed E-state index contributed by atoms with van der Waals surface area (Å²) in [6, 6.07) is 0. The summed E-state index contributed by atoms with van der Waals surface area (Å²) in [5.41, 5.74) is 1.36. The lowest BCUT2D eigenvalue weighted by atomic mass is 10.1. The van der Waals surface area contributed by atoms with Gasteiger partial charge in [0.05, 0.1) is 0 Å². The topological polar surface area (TPSA) is 3.24 Å². The fourth-order valence-corrected chi connectivity index (χ4v) is 2.06. The van der Waals surface area contributed by atoms with Crippen LogP contribution in [-0.2, 0) is 0 Å². The molecule has 0 saturated heterocycles. The van der Waals surface area contributed by atoms with E-state index >= 15 is 0 Å². The molecule has 0 atom stereocenters. The Bertz CT molecular complexity index is 157. The smallest absolute Gasteiger partial charge is 0.0172 e. The van der Waals surface area contributed by atoms with E-state index < -0.39 is 0 Å². The third-order valence-electron chi connectivity index (χ3n) is 3.00. The van der Waals surface area contributed by atoms with Crippen molar-refractivity contribution >= 4 is 0 Å². The zero-order valence-electron chi connectivity index (χ0n) is 11.7. The van der Waals surface area contributed by atoms with E-state index in [0.29, 0.717) is 0 Å². The van der Waals surface area contributed by atoms with Crippen LogP contribution in [0, 0.1) is 0 Å². The van der Waals surface area contributed by atoms with Gasteiger partial charge in [0.2, 0.25) is 0 Å². The van der Waals surface area contributed by atoms with Crippen LogP contribution in [-0.4, -0.2) is 18.0 Å². The third kappa shape index (κ3) is 7.78. The minimum atomic E-state index is 1.18. The Morgan fingerprint density at radius 2 is 1.38 bits per heavy atom. The fourth-order valence-electron chi connectivity index (χ4n) is 2.06. The predicted octanol–water partition coefficient (Wildman–Crippen LogP) is 4.98. The molecule has 0 amide bonds. The van der Waals surface area contributed by atoms with Gasteiger partial charge in [0.1, 0.15) is 0 Å². The van der Waals surface area contributed by atoms with Crippen molar-refractivity contribution in [2.45, 2.75) is 72.1 Å². The summed E-state index contributed by atoms with van der Waals surface area (Å²) in [5.74, 6) is 0. The van der Waals surface area contributed by atoms with Gasteiger partial charge < -0.3 is 4.90 Å². The van der Waals surface area contributed by atoms with Crippen molar-refractivity contribution in [1.82, 2.24) is 4.90 Å². The number of unbranched alkanes of at least 4 members (excludes halogenated alkanes) is 4. The van der Waals surface area contributed by atoms with E-state index in [1.165, 1.54) is 70.2 Å². The van der Waals surface area contributed by atoms with Gasteiger partial charge in [-0.2, -0.15) is 0 Å². The Kier molecular flexibility index (Phi) is 10.7. The van der Waals surface area contributed by atoms with Crippen molar-refractivity contribution in [2.24, 2.45) is 0 Å².